The highest BCUT2D eigenvalue weighted by molar-refractivity contribution is 7.13. The van der Waals surface area contributed by atoms with Gasteiger partial charge in [0, 0.05) is 18.0 Å². The van der Waals surface area contributed by atoms with Crippen LogP contribution in [0.3, 0.4) is 0 Å². The first-order valence-corrected chi connectivity index (χ1v) is 7.61. The summed E-state index contributed by atoms with van der Waals surface area (Å²) in [6.45, 7) is 5.30. The standard InChI is InChI=1S/C14H17N3O2S/c1-9-5-6-12(20-9)14(18)17-7-3-4-11(8-17)13-15-10(2)16-19-13/h5-6,11H,3-4,7-8H2,1-2H3/t11-/m1/s1. The van der Waals surface area contributed by atoms with Crippen LogP contribution in [-0.4, -0.2) is 34.0 Å². The summed E-state index contributed by atoms with van der Waals surface area (Å²) in [4.78, 5) is 20.6. The fourth-order valence-corrected chi connectivity index (χ4v) is 3.38. The molecule has 0 unspecified atom stereocenters. The largest absolute Gasteiger partial charge is 0.339 e. The number of rotatable bonds is 2. The molecule has 0 radical (unpaired) electrons. The summed E-state index contributed by atoms with van der Waals surface area (Å²) < 4.78 is 5.25. The highest BCUT2D eigenvalue weighted by Crippen LogP contribution is 2.27. The molecule has 0 aliphatic carbocycles. The first-order chi connectivity index (χ1) is 9.63. The number of piperidine rings is 1. The molecule has 0 spiro atoms. The van der Waals surface area contributed by atoms with Crippen molar-refractivity contribution in [1.82, 2.24) is 15.0 Å². The summed E-state index contributed by atoms with van der Waals surface area (Å²) in [5.41, 5.74) is 0. The van der Waals surface area contributed by atoms with Crippen LogP contribution < -0.4 is 0 Å². The summed E-state index contributed by atoms with van der Waals surface area (Å²) in [5, 5.41) is 3.84. The van der Waals surface area contributed by atoms with Gasteiger partial charge < -0.3 is 9.42 Å². The van der Waals surface area contributed by atoms with Gasteiger partial charge in [-0.25, -0.2) is 0 Å². The van der Waals surface area contributed by atoms with Crippen molar-refractivity contribution in [2.75, 3.05) is 13.1 Å². The Labute approximate surface area is 121 Å². The average Bonchev–Trinajstić information content (AvgIpc) is 3.07. The average molecular weight is 291 g/mol. The molecule has 0 saturated carbocycles. The third kappa shape index (κ3) is 2.60. The maximum Gasteiger partial charge on any atom is 0.263 e. The molecule has 5 nitrogen and oxygen atoms in total. The Kier molecular flexibility index (Phi) is 3.56. The molecule has 1 fully saturated rings. The van der Waals surface area contributed by atoms with E-state index >= 15 is 0 Å². The van der Waals surface area contributed by atoms with Crippen LogP contribution in [0.1, 0.15) is 45.0 Å². The Morgan fingerprint density at radius 3 is 2.95 bits per heavy atom. The molecule has 1 aliphatic rings. The Morgan fingerprint density at radius 1 is 1.45 bits per heavy atom. The van der Waals surface area contributed by atoms with E-state index in [1.165, 1.54) is 0 Å². The molecular formula is C14H17N3O2S. The van der Waals surface area contributed by atoms with Crippen molar-refractivity contribution >= 4 is 17.2 Å². The molecule has 0 N–H and O–H groups in total. The highest BCUT2D eigenvalue weighted by Gasteiger charge is 2.29. The Hall–Kier alpha value is -1.69. The van der Waals surface area contributed by atoms with Gasteiger partial charge in [0.25, 0.3) is 5.91 Å². The SMILES string of the molecule is Cc1noc([C@@H]2CCCN(C(=O)c3ccc(C)s3)C2)n1. The molecule has 0 aromatic carbocycles. The lowest BCUT2D eigenvalue weighted by atomic mass is 9.98. The first kappa shape index (κ1) is 13.3. The number of carbonyl (C=O) groups excluding carboxylic acids is 1. The van der Waals surface area contributed by atoms with E-state index in [-0.39, 0.29) is 11.8 Å². The van der Waals surface area contributed by atoms with Gasteiger partial charge in [0.2, 0.25) is 5.89 Å². The lowest BCUT2D eigenvalue weighted by Gasteiger charge is -2.30. The summed E-state index contributed by atoms with van der Waals surface area (Å²) >= 11 is 1.55. The minimum Gasteiger partial charge on any atom is -0.339 e. The highest BCUT2D eigenvalue weighted by atomic mass is 32.1. The van der Waals surface area contributed by atoms with E-state index in [1.807, 2.05) is 30.9 Å². The third-order valence-corrected chi connectivity index (χ3v) is 4.54. The fraction of sp³-hybridized carbons (Fsp3) is 0.500. The normalized spacial score (nSPS) is 19.3. The van der Waals surface area contributed by atoms with Crippen LogP contribution in [0, 0.1) is 13.8 Å². The number of amides is 1. The van der Waals surface area contributed by atoms with Crippen molar-refractivity contribution in [3.05, 3.63) is 33.6 Å². The summed E-state index contributed by atoms with van der Waals surface area (Å²) in [5.74, 6) is 1.58. The van der Waals surface area contributed by atoms with Crippen LogP contribution in [0.15, 0.2) is 16.7 Å². The van der Waals surface area contributed by atoms with Gasteiger partial charge in [-0.1, -0.05) is 5.16 Å². The molecule has 20 heavy (non-hydrogen) atoms. The topological polar surface area (TPSA) is 59.2 Å². The molecule has 2 aromatic heterocycles. The lowest BCUT2D eigenvalue weighted by Crippen LogP contribution is -2.38. The van der Waals surface area contributed by atoms with Gasteiger partial charge in [-0.15, -0.1) is 11.3 Å². The zero-order valence-electron chi connectivity index (χ0n) is 11.6. The number of likely N-dealkylation sites (tertiary alicyclic amines) is 1. The number of aromatic nitrogens is 2. The fourth-order valence-electron chi connectivity index (χ4n) is 2.55. The molecule has 1 aliphatic heterocycles. The number of hydrogen-bond acceptors (Lipinski definition) is 5. The molecule has 1 saturated heterocycles. The number of hydrogen-bond donors (Lipinski definition) is 0. The van der Waals surface area contributed by atoms with E-state index in [1.54, 1.807) is 11.3 Å². The molecule has 3 heterocycles. The van der Waals surface area contributed by atoms with Gasteiger partial charge >= 0.3 is 0 Å². The summed E-state index contributed by atoms with van der Waals surface area (Å²) in [6.07, 6.45) is 1.97. The smallest absolute Gasteiger partial charge is 0.263 e. The zero-order chi connectivity index (χ0) is 14.1. The third-order valence-electron chi connectivity index (χ3n) is 3.55. The van der Waals surface area contributed by atoms with Gasteiger partial charge in [-0.05, 0) is 38.8 Å². The predicted molar refractivity (Wildman–Crippen MR) is 76.0 cm³/mol. The second-order valence-electron chi connectivity index (χ2n) is 5.18. The minimum absolute atomic E-state index is 0.115. The molecule has 6 heteroatoms. The predicted octanol–water partition coefficient (Wildman–Crippen LogP) is 2.77. The Balaban J connectivity index is 1.73. The maximum atomic E-state index is 12.5. The zero-order valence-corrected chi connectivity index (χ0v) is 12.4. The number of nitrogens with zero attached hydrogens (tertiary/aromatic N) is 3. The van der Waals surface area contributed by atoms with E-state index in [0.717, 1.165) is 29.1 Å². The second kappa shape index (κ2) is 5.36. The number of aryl methyl sites for hydroxylation is 2. The van der Waals surface area contributed by atoms with E-state index in [0.29, 0.717) is 18.3 Å². The summed E-state index contributed by atoms with van der Waals surface area (Å²) in [6, 6.07) is 3.89. The lowest BCUT2D eigenvalue weighted by molar-refractivity contribution is 0.0700. The van der Waals surface area contributed by atoms with Gasteiger partial charge in [0.1, 0.15) is 0 Å². The van der Waals surface area contributed by atoms with Gasteiger partial charge in [0.05, 0.1) is 10.8 Å². The van der Waals surface area contributed by atoms with Crippen LogP contribution in [0.25, 0.3) is 0 Å². The van der Waals surface area contributed by atoms with Crippen molar-refractivity contribution in [2.45, 2.75) is 32.6 Å². The molecule has 0 bridgehead atoms. The second-order valence-corrected chi connectivity index (χ2v) is 6.47. The summed E-state index contributed by atoms with van der Waals surface area (Å²) in [7, 11) is 0. The quantitative estimate of drug-likeness (QED) is 0.853. The van der Waals surface area contributed by atoms with E-state index in [9.17, 15) is 4.79 Å². The van der Waals surface area contributed by atoms with Gasteiger partial charge in [-0.3, -0.25) is 4.79 Å². The van der Waals surface area contributed by atoms with Crippen LogP contribution >= 0.6 is 11.3 Å². The van der Waals surface area contributed by atoms with Gasteiger partial charge in [0.15, 0.2) is 5.82 Å². The molecule has 2 aromatic rings. The number of carbonyl (C=O) groups is 1. The van der Waals surface area contributed by atoms with Crippen molar-refractivity contribution in [2.24, 2.45) is 0 Å². The van der Waals surface area contributed by atoms with Crippen molar-refractivity contribution in [3.8, 4) is 0 Å². The van der Waals surface area contributed by atoms with Crippen molar-refractivity contribution in [3.63, 3.8) is 0 Å². The molecule has 3 rings (SSSR count). The number of thiophene rings is 1. The monoisotopic (exact) mass is 291 g/mol. The molecule has 1 atom stereocenters. The van der Waals surface area contributed by atoms with E-state index < -0.39 is 0 Å². The molecule has 1 amide bonds. The van der Waals surface area contributed by atoms with Gasteiger partial charge in [-0.2, -0.15) is 4.98 Å². The van der Waals surface area contributed by atoms with E-state index in [4.69, 9.17) is 4.52 Å². The maximum absolute atomic E-state index is 12.5. The van der Waals surface area contributed by atoms with Crippen LogP contribution in [-0.2, 0) is 0 Å². The van der Waals surface area contributed by atoms with Crippen LogP contribution in [0.2, 0.25) is 0 Å². The van der Waals surface area contributed by atoms with E-state index in [2.05, 4.69) is 10.1 Å². The Bertz CT molecular complexity index is 619. The molecule has 106 valence electrons. The van der Waals surface area contributed by atoms with Crippen molar-refractivity contribution < 1.29 is 9.32 Å². The Morgan fingerprint density at radius 2 is 2.30 bits per heavy atom. The van der Waals surface area contributed by atoms with Crippen LogP contribution in [0.5, 0.6) is 0 Å². The molecular weight excluding hydrogens is 274 g/mol. The first-order valence-electron chi connectivity index (χ1n) is 6.79. The van der Waals surface area contributed by atoms with Crippen LogP contribution in [0.4, 0.5) is 0 Å². The minimum atomic E-state index is 0.115. The van der Waals surface area contributed by atoms with Crippen molar-refractivity contribution in [1.29, 1.82) is 0 Å².